The smallest absolute Gasteiger partial charge is 0.266 e. The van der Waals surface area contributed by atoms with Gasteiger partial charge in [0.2, 0.25) is 0 Å². The Labute approximate surface area is 139 Å². The van der Waals surface area contributed by atoms with Crippen LogP contribution >= 0.6 is 27.5 Å². The van der Waals surface area contributed by atoms with Crippen LogP contribution in [-0.4, -0.2) is 19.3 Å². The van der Waals surface area contributed by atoms with Crippen molar-refractivity contribution >= 4 is 43.5 Å². The number of H-pyrrole nitrogens is 1. The van der Waals surface area contributed by atoms with Gasteiger partial charge in [0, 0.05) is 10.7 Å². The van der Waals surface area contributed by atoms with Gasteiger partial charge >= 0.3 is 0 Å². The zero-order valence-electron chi connectivity index (χ0n) is 11.2. The quantitative estimate of drug-likeness (QED) is 0.818. The number of aryl methyl sites for hydroxylation is 1. The predicted molar refractivity (Wildman–Crippen MR) is 85.6 cm³/mol. The molecule has 2 N–H and O–H groups in total. The summed E-state index contributed by atoms with van der Waals surface area (Å²) in [5, 5.41) is -0.205. The molecule has 0 fully saturated rings. The molecule has 0 aliphatic heterocycles. The lowest BCUT2D eigenvalue weighted by Crippen LogP contribution is -2.31. The molecule has 1 amide bonds. The Morgan fingerprint density at radius 3 is 2.64 bits per heavy atom. The van der Waals surface area contributed by atoms with E-state index in [1.54, 1.807) is 19.1 Å². The van der Waals surface area contributed by atoms with Gasteiger partial charge in [-0.25, -0.2) is 13.1 Å². The van der Waals surface area contributed by atoms with Gasteiger partial charge in [0.05, 0.1) is 10.5 Å². The third-order valence-electron chi connectivity index (χ3n) is 2.79. The van der Waals surface area contributed by atoms with Crippen molar-refractivity contribution in [3.05, 3.63) is 61.4 Å². The summed E-state index contributed by atoms with van der Waals surface area (Å²) in [6.45, 7) is 1.61. The molecule has 0 aliphatic carbocycles. The van der Waals surface area contributed by atoms with Crippen LogP contribution in [0.25, 0.3) is 0 Å². The van der Waals surface area contributed by atoms with Gasteiger partial charge < -0.3 is 4.98 Å². The van der Waals surface area contributed by atoms with Gasteiger partial charge in [-0.2, -0.15) is 0 Å². The van der Waals surface area contributed by atoms with Crippen LogP contribution in [0.1, 0.15) is 15.9 Å². The van der Waals surface area contributed by atoms with Gasteiger partial charge in [0.25, 0.3) is 21.5 Å². The zero-order chi connectivity index (χ0) is 16.5. The second-order valence-corrected chi connectivity index (χ2v) is 7.38. The van der Waals surface area contributed by atoms with Gasteiger partial charge in [-0.3, -0.25) is 9.59 Å². The number of halogens is 2. The second kappa shape index (κ2) is 6.23. The van der Waals surface area contributed by atoms with Crippen molar-refractivity contribution in [3.8, 4) is 0 Å². The summed E-state index contributed by atoms with van der Waals surface area (Å²) in [6, 6.07) is 5.79. The lowest BCUT2D eigenvalue weighted by Gasteiger charge is -2.10. The summed E-state index contributed by atoms with van der Waals surface area (Å²) < 4.78 is 27.1. The van der Waals surface area contributed by atoms with E-state index in [-0.39, 0.29) is 15.5 Å². The molecule has 0 atom stereocenters. The minimum absolute atomic E-state index is 0.0225. The molecule has 2 aromatic rings. The van der Waals surface area contributed by atoms with Gasteiger partial charge in [-0.05, 0) is 30.7 Å². The summed E-state index contributed by atoms with van der Waals surface area (Å²) in [4.78, 5) is 25.4. The molecule has 9 heteroatoms. The molecule has 116 valence electrons. The molecule has 6 nitrogen and oxygen atoms in total. The van der Waals surface area contributed by atoms with E-state index in [4.69, 9.17) is 11.6 Å². The summed E-state index contributed by atoms with van der Waals surface area (Å²) in [5.74, 6) is -0.891. The first-order valence-corrected chi connectivity index (χ1v) is 8.57. The average Bonchev–Trinajstić information content (AvgIpc) is 2.43. The Balaban J connectivity index is 2.35. The molecule has 1 heterocycles. The molecule has 2 rings (SSSR count). The molecular weight excluding hydrogens is 396 g/mol. The second-order valence-electron chi connectivity index (χ2n) is 4.41. The van der Waals surface area contributed by atoms with Crippen LogP contribution in [0.4, 0.5) is 0 Å². The van der Waals surface area contributed by atoms with Crippen LogP contribution in [0.3, 0.4) is 0 Å². The monoisotopic (exact) mass is 404 g/mol. The van der Waals surface area contributed by atoms with E-state index in [2.05, 4.69) is 20.9 Å². The molecule has 0 bridgehead atoms. The van der Waals surface area contributed by atoms with Crippen LogP contribution < -0.4 is 10.3 Å². The maximum atomic E-state index is 12.3. The highest BCUT2D eigenvalue weighted by atomic mass is 79.9. The fourth-order valence-corrected chi connectivity index (χ4v) is 3.62. The average molecular weight is 406 g/mol. The number of carbonyl (C=O) groups is 1. The van der Waals surface area contributed by atoms with E-state index >= 15 is 0 Å². The minimum Gasteiger partial charge on any atom is -0.327 e. The van der Waals surface area contributed by atoms with Crippen LogP contribution in [0.15, 0.2) is 44.6 Å². The van der Waals surface area contributed by atoms with Crippen molar-refractivity contribution in [1.29, 1.82) is 0 Å². The number of aromatic nitrogens is 1. The molecule has 1 aromatic heterocycles. The first kappa shape index (κ1) is 16.7. The Morgan fingerprint density at radius 1 is 1.32 bits per heavy atom. The SMILES string of the molecule is Cc1ccc(Br)cc1S(=O)(=O)NC(=O)c1c[nH]c(=O)c(Cl)c1. The van der Waals surface area contributed by atoms with Crippen LogP contribution in [-0.2, 0) is 10.0 Å². The summed E-state index contributed by atoms with van der Waals surface area (Å²) in [5.41, 5.74) is -0.146. The van der Waals surface area contributed by atoms with Gasteiger partial charge in [-0.1, -0.05) is 33.6 Å². The normalized spacial score (nSPS) is 11.2. The van der Waals surface area contributed by atoms with Crippen molar-refractivity contribution in [1.82, 2.24) is 9.71 Å². The van der Waals surface area contributed by atoms with E-state index in [1.807, 2.05) is 4.72 Å². The number of sulfonamides is 1. The van der Waals surface area contributed by atoms with Gasteiger partial charge in [0.1, 0.15) is 5.02 Å². The van der Waals surface area contributed by atoms with Crippen molar-refractivity contribution in [2.24, 2.45) is 0 Å². The number of aromatic amines is 1. The standard InChI is InChI=1S/C13H10BrClN2O4S/c1-7-2-3-9(14)5-11(7)22(20,21)17-12(18)8-4-10(15)13(19)16-6-8/h2-6H,1H3,(H,16,19)(H,17,18). The fraction of sp³-hybridized carbons (Fsp3) is 0.0769. The Hall–Kier alpha value is -1.64. The van der Waals surface area contributed by atoms with Crippen LogP contribution in [0.5, 0.6) is 0 Å². The highest BCUT2D eigenvalue weighted by Crippen LogP contribution is 2.20. The van der Waals surface area contributed by atoms with Crippen molar-refractivity contribution in [3.63, 3.8) is 0 Å². The van der Waals surface area contributed by atoms with Crippen molar-refractivity contribution < 1.29 is 13.2 Å². The largest absolute Gasteiger partial charge is 0.327 e. The first-order valence-electron chi connectivity index (χ1n) is 5.92. The number of rotatable bonds is 3. The number of benzene rings is 1. The van der Waals surface area contributed by atoms with E-state index in [9.17, 15) is 18.0 Å². The summed E-state index contributed by atoms with van der Waals surface area (Å²) in [6.07, 6.45) is 1.09. The van der Waals surface area contributed by atoms with Crippen molar-refractivity contribution in [2.45, 2.75) is 11.8 Å². The molecule has 1 aromatic carbocycles. The lowest BCUT2D eigenvalue weighted by atomic mass is 10.2. The maximum Gasteiger partial charge on any atom is 0.266 e. The molecule has 22 heavy (non-hydrogen) atoms. The lowest BCUT2D eigenvalue weighted by molar-refractivity contribution is 0.0981. The Kier molecular flexibility index (Phi) is 4.74. The predicted octanol–water partition coefficient (Wildman–Crippen LogP) is 2.22. The van der Waals surface area contributed by atoms with Crippen molar-refractivity contribution in [2.75, 3.05) is 0 Å². The highest BCUT2D eigenvalue weighted by molar-refractivity contribution is 9.10. The number of amides is 1. The number of nitrogens with one attached hydrogen (secondary N) is 2. The topological polar surface area (TPSA) is 96.1 Å². The maximum absolute atomic E-state index is 12.3. The molecule has 0 saturated carbocycles. The van der Waals surface area contributed by atoms with E-state index in [0.29, 0.717) is 10.0 Å². The van der Waals surface area contributed by atoms with E-state index < -0.39 is 21.5 Å². The van der Waals surface area contributed by atoms with E-state index in [0.717, 1.165) is 12.3 Å². The summed E-state index contributed by atoms with van der Waals surface area (Å²) >= 11 is 8.80. The van der Waals surface area contributed by atoms with Gasteiger partial charge in [-0.15, -0.1) is 0 Å². The molecule has 0 spiro atoms. The third-order valence-corrected chi connectivity index (χ3v) is 5.03. The number of pyridine rings is 1. The number of carbonyl (C=O) groups excluding carboxylic acids is 1. The number of hydrogen-bond acceptors (Lipinski definition) is 4. The van der Waals surface area contributed by atoms with E-state index in [1.165, 1.54) is 6.07 Å². The first-order chi connectivity index (χ1) is 10.2. The molecule has 0 saturated heterocycles. The molecular formula is C13H10BrClN2O4S. The molecule has 0 aliphatic rings. The fourth-order valence-electron chi connectivity index (χ4n) is 1.69. The molecule has 0 unspecified atom stereocenters. The highest BCUT2D eigenvalue weighted by Gasteiger charge is 2.21. The number of hydrogen-bond donors (Lipinski definition) is 2. The van der Waals surface area contributed by atoms with Crippen LogP contribution in [0, 0.1) is 6.92 Å². The minimum atomic E-state index is -4.05. The molecule has 0 radical (unpaired) electrons. The third kappa shape index (κ3) is 3.57. The zero-order valence-corrected chi connectivity index (χ0v) is 14.3. The van der Waals surface area contributed by atoms with Gasteiger partial charge in [0.15, 0.2) is 0 Å². The Morgan fingerprint density at radius 2 is 2.00 bits per heavy atom. The summed E-state index contributed by atoms with van der Waals surface area (Å²) in [7, 11) is -4.05. The Bertz CT molecular complexity index is 908. The van der Waals surface area contributed by atoms with Crippen LogP contribution in [0.2, 0.25) is 5.02 Å².